The van der Waals surface area contributed by atoms with Gasteiger partial charge in [0.25, 0.3) is 0 Å². The number of carbonyl (C=O) groups is 1. The lowest BCUT2D eigenvalue weighted by atomic mass is 10.1. The molecule has 0 atom stereocenters. The minimum absolute atomic E-state index is 0.233. The Hall–Kier alpha value is -2.50. The number of urea groups is 1. The molecule has 5 N–H and O–H groups in total. The molecule has 6 heteroatoms. The van der Waals surface area contributed by atoms with Crippen LogP contribution in [0.1, 0.15) is 0 Å². The first-order chi connectivity index (χ1) is 7.66. The smallest absolute Gasteiger partial charge is 0.316 e. The van der Waals surface area contributed by atoms with Crippen LogP contribution in [0.3, 0.4) is 0 Å². The van der Waals surface area contributed by atoms with Gasteiger partial charge in [0.1, 0.15) is 0 Å². The van der Waals surface area contributed by atoms with E-state index in [2.05, 4.69) is 10.5 Å². The number of rotatable bonds is 2. The Morgan fingerprint density at radius 2 is 2.25 bits per heavy atom. The highest BCUT2D eigenvalue weighted by molar-refractivity contribution is 5.89. The highest BCUT2D eigenvalue weighted by Gasteiger charge is 2.07. The summed E-state index contributed by atoms with van der Waals surface area (Å²) in [5, 5.41) is 6.05. The molecule has 0 unspecified atom stereocenters. The molecule has 6 nitrogen and oxygen atoms in total. The van der Waals surface area contributed by atoms with Gasteiger partial charge in [-0.05, 0) is 17.7 Å². The first-order valence-corrected chi connectivity index (χ1v) is 4.54. The summed E-state index contributed by atoms with van der Waals surface area (Å²) < 4.78 is 4.76. The van der Waals surface area contributed by atoms with Crippen LogP contribution in [-0.2, 0) is 0 Å². The highest BCUT2D eigenvalue weighted by Crippen LogP contribution is 2.27. The van der Waals surface area contributed by atoms with Gasteiger partial charge in [-0.1, -0.05) is 17.3 Å². The molecule has 1 heterocycles. The predicted molar refractivity (Wildman–Crippen MR) is 59.6 cm³/mol. The van der Waals surface area contributed by atoms with Crippen LogP contribution in [0, 0.1) is 0 Å². The van der Waals surface area contributed by atoms with Crippen molar-refractivity contribution >= 4 is 17.6 Å². The summed E-state index contributed by atoms with van der Waals surface area (Å²) in [7, 11) is 0. The average molecular weight is 218 g/mol. The van der Waals surface area contributed by atoms with E-state index in [9.17, 15) is 4.79 Å². The molecule has 0 saturated heterocycles. The van der Waals surface area contributed by atoms with Gasteiger partial charge < -0.3 is 21.3 Å². The van der Waals surface area contributed by atoms with Gasteiger partial charge in [-0.25, -0.2) is 4.79 Å². The number of nitrogens with one attached hydrogen (secondary N) is 1. The number of benzene rings is 1. The van der Waals surface area contributed by atoms with E-state index in [4.69, 9.17) is 16.0 Å². The molecule has 1 aromatic carbocycles. The van der Waals surface area contributed by atoms with Crippen molar-refractivity contribution in [3.8, 4) is 11.1 Å². The normalized spacial score (nSPS) is 10.0. The average Bonchev–Trinajstić information content (AvgIpc) is 2.64. The third-order valence-corrected chi connectivity index (χ3v) is 2.04. The van der Waals surface area contributed by atoms with E-state index in [1.807, 2.05) is 6.07 Å². The van der Waals surface area contributed by atoms with Crippen LogP contribution in [0.2, 0.25) is 0 Å². The third-order valence-electron chi connectivity index (χ3n) is 2.04. The zero-order chi connectivity index (χ0) is 11.5. The number of aromatic nitrogens is 1. The molecule has 0 aliphatic carbocycles. The standard InChI is InChI=1S/C10H10N4O2/c11-9-8(5-13-16-9)6-2-1-3-7(4-6)14-10(12)15/h1-5H,11H2,(H3,12,14,15). The number of carbonyl (C=O) groups excluding carboxylic acids is 1. The van der Waals surface area contributed by atoms with E-state index in [-0.39, 0.29) is 5.88 Å². The number of amides is 2. The van der Waals surface area contributed by atoms with Crippen molar-refractivity contribution in [2.75, 3.05) is 11.1 Å². The molecule has 0 aliphatic heterocycles. The van der Waals surface area contributed by atoms with E-state index in [0.29, 0.717) is 11.3 Å². The molecule has 0 bridgehead atoms. The summed E-state index contributed by atoms with van der Waals surface area (Å²) in [4.78, 5) is 10.7. The number of primary amides is 1. The Kier molecular flexibility index (Phi) is 2.47. The SMILES string of the molecule is NC(=O)Nc1cccc(-c2cnoc2N)c1. The molecule has 0 fully saturated rings. The summed E-state index contributed by atoms with van der Waals surface area (Å²) in [6.07, 6.45) is 1.51. The zero-order valence-corrected chi connectivity index (χ0v) is 8.31. The lowest BCUT2D eigenvalue weighted by molar-refractivity contribution is 0.259. The van der Waals surface area contributed by atoms with Gasteiger partial charge in [-0.3, -0.25) is 0 Å². The number of hydrogen-bond acceptors (Lipinski definition) is 4. The fraction of sp³-hybridized carbons (Fsp3) is 0. The highest BCUT2D eigenvalue weighted by atomic mass is 16.5. The molecule has 2 aromatic rings. The summed E-state index contributed by atoms with van der Waals surface area (Å²) in [6.45, 7) is 0. The van der Waals surface area contributed by atoms with Gasteiger partial charge in [0, 0.05) is 5.69 Å². The number of hydrogen-bond donors (Lipinski definition) is 3. The zero-order valence-electron chi connectivity index (χ0n) is 8.31. The molecule has 2 rings (SSSR count). The first-order valence-electron chi connectivity index (χ1n) is 4.54. The Bertz CT molecular complexity index is 521. The maximum absolute atomic E-state index is 10.7. The Balaban J connectivity index is 2.36. The maximum atomic E-state index is 10.7. The van der Waals surface area contributed by atoms with Gasteiger partial charge in [0.05, 0.1) is 11.8 Å². The predicted octanol–water partition coefficient (Wildman–Crippen LogP) is 1.41. The first kappa shape index (κ1) is 10.0. The van der Waals surface area contributed by atoms with Crippen molar-refractivity contribution in [2.24, 2.45) is 5.73 Å². The molecule has 0 radical (unpaired) electrons. The summed E-state index contributed by atoms with van der Waals surface area (Å²) in [5.41, 5.74) is 12.7. The van der Waals surface area contributed by atoms with E-state index in [1.165, 1.54) is 6.20 Å². The summed E-state index contributed by atoms with van der Waals surface area (Å²) in [6, 6.07) is 6.43. The van der Waals surface area contributed by atoms with Gasteiger partial charge in [-0.2, -0.15) is 0 Å². The molecule has 16 heavy (non-hydrogen) atoms. The Morgan fingerprint density at radius 3 is 2.88 bits per heavy atom. The minimum atomic E-state index is -0.615. The molecule has 0 spiro atoms. The van der Waals surface area contributed by atoms with Crippen LogP contribution < -0.4 is 16.8 Å². The lowest BCUT2D eigenvalue weighted by Gasteiger charge is -2.03. The maximum Gasteiger partial charge on any atom is 0.316 e. The van der Waals surface area contributed by atoms with Crippen molar-refractivity contribution in [1.82, 2.24) is 5.16 Å². The minimum Gasteiger partial charge on any atom is -0.367 e. The monoisotopic (exact) mass is 218 g/mol. The largest absolute Gasteiger partial charge is 0.367 e. The number of anilines is 2. The van der Waals surface area contributed by atoms with E-state index in [1.54, 1.807) is 18.2 Å². The van der Waals surface area contributed by atoms with Crippen LogP contribution >= 0.6 is 0 Å². The summed E-state index contributed by atoms with van der Waals surface area (Å²) >= 11 is 0. The molecular weight excluding hydrogens is 208 g/mol. The second-order valence-corrected chi connectivity index (χ2v) is 3.17. The second-order valence-electron chi connectivity index (χ2n) is 3.17. The molecule has 0 saturated carbocycles. The quantitative estimate of drug-likeness (QED) is 0.708. The Labute approximate surface area is 91.2 Å². The third kappa shape index (κ3) is 1.95. The van der Waals surface area contributed by atoms with Gasteiger partial charge >= 0.3 is 6.03 Å². The number of nitrogens with two attached hydrogens (primary N) is 2. The fourth-order valence-corrected chi connectivity index (χ4v) is 1.37. The van der Waals surface area contributed by atoms with Gasteiger partial charge in [0.15, 0.2) is 0 Å². The number of nitrogens with zero attached hydrogens (tertiary/aromatic N) is 1. The summed E-state index contributed by atoms with van der Waals surface area (Å²) in [5.74, 6) is 0.233. The second kappa shape index (κ2) is 3.93. The van der Waals surface area contributed by atoms with Gasteiger partial charge in [0.2, 0.25) is 5.88 Å². The molecule has 82 valence electrons. The van der Waals surface area contributed by atoms with Crippen LogP contribution in [0.4, 0.5) is 16.4 Å². The topological polar surface area (TPSA) is 107 Å². The molecular formula is C10H10N4O2. The fourth-order valence-electron chi connectivity index (χ4n) is 1.37. The van der Waals surface area contributed by atoms with Crippen molar-refractivity contribution < 1.29 is 9.32 Å². The molecule has 1 aromatic heterocycles. The van der Waals surface area contributed by atoms with Crippen LogP contribution in [0.25, 0.3) is 11.1 Å². The van der Waals surface area contributed by atoms with Crippen molar-refractivity contribution in [3.05, 3.63) is 30.5 Å². The van der Waals surface area contributed by atoms with Crippen LogP contribution in [0.5, 0.6) is 0 Å². The van der Waals surface area contributed by atoms with E-state index < -0.39 is 6.03 Å². The molecule has 0 aliphatic rings. The van der Waals surface area contributed by atoms with Crippen molar-refractivity contribution in [2.45, 2.75) is 0 Å². The van der Waals surface area contributed by atoms with Crippen molar-refractivity contribution in [1.29, 1.82) is 0 Å². The van der Waals surface area contributed by atoms with E-state index in [0.717, 1.165) is 5.56 Å². The van der Waals surface area contributed by atoms with Crippen LogP contribution in [-0.4, -0.2) is 11.2 Å². The van der Waals surface area contributed by atoms with Gasteiger partial charge in [-0.15, -0.1) is 0 Å². The number of nitrogen functional groups attached to an aromatic ring is 1. The Morgan fingerprint density at radius 1 is 1.44 bits per heavy atom. The lowest BCUT2D eigenvalue weighted by Crippen LogP contribution is -2.19. The van der Waals surface area contributed by atoms with Crippen molar-refractivity contribution in [3.63, 3.8) is 0 Å². The van der Waals surface area contributed by atoms with Crippen LogP contribution in [0.15, 0.2) is 35.0 Å². The van der Waals surface area contributed by atoms with E-state index >= 15 is 0 Å². The molecule has 2 amide bonds.